The van der Waals surface area contributed by atoms with Gasteiger partial charge in [0.1, 0.15) is 5.52 Å². The van der Waals surface area contributed by atoms with Gasteiger partial charge >= 0.3 is 5.69 Å². The van der Waals surface area contributed by atoms with Crippen LogP contribution in [0.1, 0.15) is 10.5 Å². The van der Waals surface area contributed by atoms with Crippen LogP contribution < -0.4 is 11.4 Å². The summed E-state index contributed by atoms with van der Waals surface area (Å²) in [7, 11) is 0. The first-order chi connectivity index (χ1) is 12.5. The van der Waals surface area contributed by atoms with E-state index in [2.05, 4.69) is 15.0 Å². The molecular weight excluding hydrogens is 354 g/mol. The first-order valence-electron chi connectivity index (χ1n) is 7.68. The van der Waals surface area contributed by atoms with Crippen LogP contribution in [0, 0.1) is 0 Å². The van der Waals surface area contributed by atoms with Crippen LogP contribution in [0.3, 0.4) is 0 Å². The Labute approximate surface area is 152 Å². The van der Waals surface area contributed by atoms with Crippen molar-refractivity contribution in [2.24, 2.45) is 5.73 Å². The summed E-state index contributed by atoms with van der Waals surface area (Å²) in [5, 5.41) is 0.501. The Morgan fingerprint density at radius 2 is 1.85 bits per heavy atom. The standard InChI is InChI=1S/C18H12ClN5O2/c19-11-6-4-5-10(9-11)16-21-13(15(20)25)14-17(23-16)24(18(26)22-14)12-7-2-1-3-8-12/h1-9H,(H2,20,25)(H,22,26). The van der Waals surface area contributed by atoms with Crippen molar-refractivity contribution in [1.82, 2.24) is 19.5 Å². The minimum Gasteiger partial charge on any atom is -0.364 e. The van der Waals surface area contributed by atoms with E-state index in [4.69, 9.17) is 17.3 Å². The van der Waals surface area contributed by atoms with Crippen LogP contribution in [0.25, 0.3) is 28.2 Å². The molecule has 0 radical (unpaired) electrons. The number of carbonyl (C=O) groups excluding carboxylic acids is 1. The number of aromatic amines is 1. The molecule has 0 bridgehead atoms. The molecule has 7 nitrogen and oxygen atoms in total. The van der Waals surface area contributed by atoms with Crippen molar-refractivity contribution in [3.05, 3.63) is 75.8 Å². The molecule has 0 unspecified atom stereocenters. The fourth-order valence-corrected chi connectivity index (χ4v) is 2.93. The van der Waals surface area contributed by atoms with E-state index in [1.807, 2.05) is 6.07 Å². The van der Waals surface area contributed by atoms with Gasteiger partial charge in [0.15, 0.2) is 17.2 Å². The van der Waals surface area contributed by atoms with Crippen LogP contribution in [-0.4, -0.2) is 25.4 Å². The van der Waals surface area contributed by atoms with Crippen molar-refractivity contribution in [3.63, 3.8) is 0 Å². The lowest BCUT2D eigenvalue weighted by molar-refractivity contribution is 0.0997. The van der Waals surface area contributed by atoms with Crippen LogP contribution >= 0.6 is 11.6 Å². The summed E-state index contributed by atoms with van der Waals surface area (Å²) in [6.45, 7) is 0. The van der Waals surface area contributed by atoms with Crippen molar-refractivity contribution >= 4 is 28.7 Å². The van der Waals surface area contributed by atoms with Crippen LogP contribution in [0.4, 0.5) is 0 Å². The molecule has 0 aliphatic carbocycles. The van der Waals surface area contributed by atoms with Crippen LogP contribution in [0.15, 0.2) is 59.4 Å². The lowest BCUT2D eigenvalue weighted by Crippen LogP contribution is -2.15. The molecule has 0 fully saturated rings. The van der Waals surface area contributed by atoms with E-state index in [0.29, 0.717) is 16.3 Å². The van der Waals surface area contributed by atoms with Crippen LogP contribution in [0.5, 0.6) is 0 Å². The number of halogens is 1. The molecule has 128 valence electrons. The Kier molecular flexibility index (Phi) is 3.78. The van der Waals surface area contributed by atoms with Gasteiger partial charge in [-0.1, -0.05) is 41.9 Å². The molecule has 2 heterocycles. The summed E-state index contributed by atoms with van der Waals surface area (Å²) in [5.74, 6) is -0.514. The minimum absolute atomic E-state index is 0.0586. The molecule has 1 amide bonds. The number of amides is 1. The van der Waals surface area contributed by atoms with E-state index in [-0.39, 0.29) is 22.7 Å². The molecule has 0 atom stereocenters. The zero-order valence-electron chi connectivity index (χ0n) is 13.3. The third-order valence-corrected chi connectivity index (χ3v) is 4.10. The lowest BCUT2D eigenvalue weighted by Gasteiger charge is -2.06. The molecule has 0 spiro atoms. The predicted molar refractivity (Wildman–Crippen MR) is 98.4 cm³/mol. The molecule has 3 N–H and O–H groups in total. The first-order valence-corrected chi connectivity index (χ1v) is 8.06. The summed E-state index contributed by atoms with van der Waals surface area (Å²) < 4.78 is 1.37. The molecule has 26 heavy (non-hydrogen) atoms. The Bertz CT molecular complexity index is 1200. The fraction of sp³-hybridized carbons (Fsp3) is 0. The molecular formula is C18H12ClN5O2. The highest BCUT2D eigenvalue weighted by Gasteiger charge is 2.20. The summed E-state index contributed by atoms with van der Waals surface area (Å²) in [6.07, 6.45) is 0. The number of hydrogen-bond acceptors (Lipinski definition) is 4. The number of nitrogens with zero attached hydrogens (tertiary/aromatic N) is 3. The summed E-state index contributed by atoms with van der Waals surface area (Å²) in [4.78, 5) is 35.7. The first kappa shape index (κ1) is 16.0. The number of imidazole rings is 1. The lowest BCUT2D eigenvalue weighted by atomic mass is 10.2. The Morgan fingerprint density at radius 1 is 1.08 bits per heavy atom. The normalized spacial score (nSPS) is 11.0. The third-order valence-electron chi connectivity index (χ3n) is 3.87. The molecule has 0 aliphatic heterocycles. The maximum atomic E-state index is 12.5. The number of para-hydroxylation sites is 1. The monoisotopic (exact) mass is 365 g/mol. The Morgan fingerprint density at radius 3 is 2.54 bits per heavy atom. The molecule has 0 aliphatic rings. The maximum absolute atomic E-state index is 12.5. The average molecular weight is 366 g/mol. The zero-order valence-corrected chi connectivity index (χ0v) is 14.1. The third kappa shape index (κ3) is 2.64. The second kappa shape index (κ2) is 6.12. The van der Waals surface area contributed by atoms with Gasteiger partial charge in [-0.05, 0) is 24.3 Å². The maximum Gasteiger partial charge on any atom is 0.332 e. The number of benzene rings is 2. The zero-order chi connectivity index (χ0) is 18.3. The molecule has 4 aromatic rings. The molecule has 0 saturated carbocycles. The van der Waals surface area contributed by atoms with Gasteiger partial charge in [-0.3, -0.25) is 4.79 Å². The van der Waals surface area contributed by atoms with Gasteiger partial charge in [0.2, 0.25) is 0 Å². The number of hydrogen-bond donors (Lipinski definition) is 2. The van der Waals surface area contributed by atoms with E-state index >= 15 is 0 Å². The van der Waals surface area contributed by atoms with E-state index in [0.717, 1.165) is 0 Å². The summed E-state index contributed by atoms with van der Waals surface area (Å²) in [5.41, 5.74) is 6.64. The average Bonchev–Trinajstić information content (AvgIpc) is 2.97. The highest BCUT2D eigenvalue weighted by molar-refractivity contribution is 6.30. The van der Waals surface area contributed by atoms with Crippen molar-refractivity contribution in [2.45, 2.75) is 0 Å². The van der Waals surface area contributed by atoms with Crippen LogP contribution in [0.2, 0.25) is 5.02 Å². The molecule has 4 rings (SSSR count). The Balaban J connectivity index is 2.08. The SMILES string of the molecule is NC(=O)c1nc(-c2cccc(Cl)c2)nc2c1[nH]c(=O)n2-c1ccccc1. The van der Waals surface area contributed by atoms with Gasteiger partial charge < -0.3 is 10.7 Å². The van der Waals surface area contributed by atoms with Gasteiger partial charge in [0, 0.05) is 10.6 Å². The smallest absolute Gasteiger partial charge is 0.332 e. The highest BCUT2D eigenvalue weighted by atomic mass is 35.5. The van der Waals surface area contributed by atoms with Crippen molar-refractivity contribution in [1.29, 1.82) is 0 Å². The highest BCUT2D eigenvalue weighted by Crippen LogP contribution is 2.23. The quantitative estimate of drug-likeness (QED) is 0.581. The fourth-order valence-electron chi connectivity index (χ4n) is 2.74. The van der Waals surface area contributed by atoms with Crippen molar-refractivity contribution in [3.8, 4) is 17.1 Å². The number of primary amides is 1. The number of fused-ring (bicyclic) bond motifs is 1. The number of carbonyl (C=O) groups is 1. The second-order valence-corrected chi connectivity index (χ2v) is 6.01. The van der Waals surface area contributed by atoms with E-state index in [1.54, 1.807) is 48.5 Å². The minimum atomic E-state index is -0.762. The van der Waals surface area contributed by atoms with E-state index in [9.17, 15) is 9.59 Å². The van der Waals surface area contributed by atoms with Gasteiger partial charge in [-0.2, -0.15) is 0 Å². The number of H-pyrrole nitrogens is 1. The van der Waals surface area contributed by atoms with Crippen molar-refractivity contribution in [2.75, 3.05) is 0 Å². The number of nitrogens with one attached hydrogen (secondary N) is 1. The summed E-state index contributed by atoms with van der Waals surface area (Å²) in [6, 6.07) is 15.9. The predicted octanol–water partition coefficient (Wildman–Crippen LogP) is 2.53. The second-order valence-electron chi connectivity index (χ2n) is 5.57. The number of rotatable bonds is 3. The van der Waals surface area contributed by atoms with E-state index < -0.39 is 11.6 Å². The molecule has 2 aromatic carbocycles. The van der Waals surface area contributed by atoms with Gasteiger partial charge in [0.25, 0.3) is 5.91 Å². The largest absolute Gasteiger partial charge is 0.364 e. The summed E-state index contributed by atoms with van der Waals surface area (Å²) >= 11 is 6.04. The van der Waals surface area contributed by atoms with Crippen LogP contribution in [-0.2, 0) is 0 Å². The topological polar surface area (TPSA) is 107 Å². The van der Waals surface area contributed by atoms with Gasteiger partial charge in [0.05, 0.1) is 5.69 Å². The molecule has 8 heteroatoms. The van der Waals surface area contributed by atoms with Crippen molar-refractivity contribution < 1.29 is 4.79 Å². The molecule has 2 aromatic heterocycles. The number of aromatic nitrogens is 4. The Hall–Kier alpha value is -3.45. The number of nitrogens with two attached hydrogens (primary N) is 1. The van der Waals surface area contributed by atoms with Gasteiger partial charge in [-0.15, -0.1) is 0 Å². The molecule has 0 saturated heterocycles. The van der Waals surface area contributed by atoms with E-state index in [1.165, 1.54) is 4.57 Å². The van der Waals surface area contributed by atoms with Gasteiger partial charge in [-0.25, -0.2) is 19.3 Å².